The largest absolute Gasteiger partial charge is 0.350 e. The Morgan fingerprint density at radius 1 is 1.08 bits per heavy atom. The number of halogens is 1. The van der Waals surface area contributed by atoms with Gasteiger partial charge in [-0.2, -0.15) is 9.78 Å². The Hall–Kier alpha value is -3.28. The lowest BCUT2D eigenvalue weighted by Crippen LogP contribution is -2.31. The highest BCUT2D eigenvalue weighted by atomic mass is 19.1. The van der Waals surface area contributed by atoms with Gasteiger partial charge in [0, 0.05) is 12.6 Å². The first-order valence-electron chi connectivity index (χ1n) is 8.24. The Morgan fingerprint density at radius 3 is 2.46 bits per heavy atom. The maximum Gasteiger partial charge on any atom is 0.271 e. The molecule has 1 heterocycles. The molecule has 1 amide bonds. The van der Waals surface area contributed by atoms with E-state index in [1.54, 1.807) is 0 Å². The summed E-state index contributed by atoms with van der Waals surface area (Å²) in [5.74, 6) is -0.641. The highest BCUT2D eigenvalue weighted by Crippen LogP contribution is 2.13. The normalized spacial score (nSPS) is 11.8. The van der Waals surface area contributed by atoms with Gasteiger partial charge in [0.25, 0.3) is 11.5 Å². The Labute approximate surface area is 150 Å². The van der Waals surface area contributed by atoms with E-state index >= 15 is 0 Å². The van der Waals surface area contributed by atoms with Crippen LogP contribution in [-0.4, -0.2) is 22.2 Å². The molecule has 0 radical (unpaired) electrons. The minimum absolute atomic E-state index is 0.120. The van der Waals surface area contributed by atoms with Crippen LogP contribution in [0.15, 0.2) is 71.5 Å². The number of carbonyl (C=O) groups excluding carboxylic acids is 1. The number of aromatic nitrogens is 2. The standard InChI is InChI=1S/C20H18FN3O2/c1-14(15-5-3-2-4-6-15)13-22-20(26)18-11-12-19(25)24(23-18)17-9-7-16(21)8-10-17/h2-12,14H,13H2,1H3,(H,22,26). The fourth-order valence-electron chi connectivity index (χ4n) is 2.54. The highest BCUT2D eigenvalue weighted by Gasteiger charge is 2.12. The molecule has 0 saturated carbocycles. The first-order chi connectivity index (χ1) is 12.5. The van der Waals surface area contributed by atoms with Crippen molar-refractivity contribution in [2.75, 3.05) is 6.54 Å². The molecule has 0 aliphatic rings. The van der Waals surface area contributed by atoms with Crippen molar-refractivity contribution in [1.82, 2.24) is 15.1 Å². The molecule has 3 aromatic rings. The molecule has 1 N–H and O–H groups in total. The molecule has 6 heteroatoms. The van der Waals surface area contributed by atoms with Crippen molar-refractivity contribution < 1.29 is 9.18 Å². The van der Waals surface area contributed by atoms with Crippen molar-refractivity contribution >= 4 is 5.91 Å². The zero-order chi connectivity index (χ0) is 18.5. The van der Waals surface area contributed by atoms with Gasteiger partial charge in [-0.25, -0.2) is 4.39 Å². The minimum Gasteiger partial charge on any atom is -0.350 e. The maximum atomic E-state index is 13.1. The van der Waals surface area contributed by atoms with Crippen LogP contribution in [0.1, 0.15) is 28.9 Å². The number of benzene rings is 2. The molecule has 3 rings (SSSR count). The molecule has 2 aromatic carbocycles. The van der Waals surface area contributed by atoms with Crippen LogP contribution in [0.5, 0.6) is 0 Å². The van der Waals surface area contributed by atoms with E-state index in [1.165, 1.54) is 36.4 Å². The number of rotatable bonds is 5. The third-order valence-corrected chi connectivity index (χ3v) is 4.04. The molecule has 0 bridgehead atoms. The summed E-state index contributed by atoms with van der Waals surface area (Å²) in [5, 5.41) is 6.92. The lowest BCUT2D eigenvalue weighted by atomic mass is 10.0. The van der Waals surface area contributed by atoms with Gasteiger partial charge in [0.15, 0.2) is 0 Å². The van der Waals surface area contributed by atoms with Gasteiger partial charge in [0.2, 0.25) is 0 Å². The van der Waals surface area contributed by atoms with E-state index in [0.717, 1.165) is 10.2 Å². The quantitative estimate of drug-likeness (QED) is 0.769. The van der Waals surface area contributed by atoms with Crippen LogP contribution < -0.4 is 10.9 Å². The van der Waals surface area contributed by atoms with Gasteiger partial charge in [-0.3, -0.25) is 9.59 Å². The van der Waals surface area contributed by atoms with Gasteiger partial charge in [-0.15, -0.1) is 0 Å². The fraction of sp³-hybridized carbons (Fsp3) is 0.150. The predicted octanol–water partition coefficient (Wildman–Crippen LogP) is 2.91. The van der Waals surface area contributed by atoms with Crippen molar-refractivity contribution in [1.29, 1.82) is 0 Å². The van der Waals surface area contributed by atoms with Gasteiger partial charge in [0.1, 0.15) is 11.5 Å². The Morgan fingerprint density at radius 2 is 1.77 bits per heavy atom. The summed E-state index contributed by atoms with van der Waals surface area (Å²) in [6.45, 7) is 2.46. The monoisotopic (exact) mass is 351 g/mol. The number of hydrogen-bond acceptors (Lipinski definition) is 3. The first kappa shape index (κ1) is 17.5. The fourth-order valence-corrected chi connectivity index (χ4v) is 2.54. The van der Waals surface area contributed by atoms with E-state index in [0.29, 0.717) is 12.2 Å². The van der Waals surface area contributed by atoms with Gasteiger partial charge >= 0.3 is 0 Å². The summed E-state index contributed by atoms with van der Waals surface area (Å²) in [4.78, 5) is 24.4. The molecule has 1 aromatic heterocycles. The minimum atomic E-state index is -0.411. The average Bonchev–Trinajstić information content (AvgIpc) is 2.67. The van der Waals surface area contributed by atoms with Crippen LogP contribution in [0.4, 0.5) is 4.39 Å². The summed E-state index contributed by atoms with van der Waals surface area (Å²) >= 11 is 0. The van der Waals surface area contributed by atoms with Gasteiger partial charge in [0.05, 0.1) is 5.69 Å². The van der Waals surface area contributed by atoms with E-state index < -0.39 is 11.4 Å². The smallest absolute Gasteiger partial charge is 0.271 e. The molecule has 5 nitrogen and oxygen atoms in total. The van der Waals surface area contributed by atoms with Gasteiger partial charge in [-0.1, -0.05) is 37.3 Å². The van der Waals surface area contributed by atoms with Crippen molar-refractivity contribution in [2.24, 2.45) is 0 Å². The summed E-state index contributed by atoms with van der Waals surface area (Å²) < 4.78 is 14.1. The van der Waals surface area contributed by atoms with Crippen LogP contribution in [-0.2, 0) is 0 Å². The highest BCUT2D eigenvalue weighted by molar-refractivity contribution is 5.92. The van der Waals surface area contributed by atoms with Crippen LogP contribution in [0.3, 0.4) is 0 Å². The van der Waals surface area contributed by atoms with Gasteiger partial charge < -0.3 is 5.32 Å². The molecule has 0 aliphatic carbocycles. The number of nitrogens with one attached hydrogen (secondary N) is 1. The summed E-state index contributed by atoms with van der Waals surface area (Å²) in [7, 11) is 0. The Bertz CT molecular complexity index is 953. The Balaban J connectivity index is 1.75. The zero-order valence-corrected chi connectivity index (χ0v) is 14.2. The second-order valence-electron chi connectivity index (χ2n) is 5.97. The summed E-state index contributed by atoms with van der Waals surface area (Å²) in [5.41, 5.74) is 1.24. The van der Waals surface area contributed by atoms with Crippen molar-refractivity contribution in [2.45, 2.75) is 12.8 Å². The van der Waals surface area contributed by atoms with E-state index in [9.17, 15) is 14.0 Å². The van der Waals surface area contributed by atoms with E-state index in [2.05, 4.69) is 10.4 Å². The second-order valence-corrected chi connectivity index (χ2v) is 5.97. The SMILES string of the molecule is CC(CNC(=O)c1ccc(=O)n(-c2ccc(F)cc2)n1)c1ccccc1. The van der Waals surface area contributed by atoms with Crippen LogP contribution >= 0.6 is 0 Å². The van der Waals surface area contributed by atoms with Gasteiger partial charge in [-0.05, 0) is 41.8 Å². The number of carbonyl (C=O) groups is 1. The third-order valence-electron chi connectivity index (χ3n) is 4.04. The molecule has 0 saturated heterocycles. The molecule has 0 fully saturated rings. The molecule has 132 valence electrons. The lowest BCUT2D eigenvalue weighted by molar-refractivity contribution is 0.0945. The van der Waals surface area contributed by atoms with Crippen LogP contribution in [0.2, 0.25) is 0 Å². The topological polar surface area (TPSA) is 64.0 Å². The third kappa shape index (κ3) is 4.03. The molecule has 1 atom stereocenters. The number of hydrogen-bond donors (Lipinski definition) is 1. The molecular formula is C20H18FN3O2. The number of nitrogens with zero attached hydrogens (tertiary/aromatic N) is 2. The van der Waals surface area contributed by atoms with Crippen LogP contribution in [0, 0.1) is 5.82 Å². The zero-order valence-electron chi connectivity index (χ0n) is 14.2. The first-order valence-corrected chi connectivity index (χ1v) is 8.24. The lowest BCUT2D eigenvalue weighted by Gasteiger charge is -2.13. The van der Waals surface area contributed by atoms with E-state index in [-0.39, 0.29) is 17.5 Å². The summed E-state index contributed by atoms with van der Waals surface area (Å²) in [6, 6.07) is 17.8. The second kappa shape index (κ2) is 7.74. The van der Waals surface area contributed by atoms with E-state index in [4.69, 9.17) is 0 Å². The molecule has 0 spiro atoms. The maximum absolute atomic E-state index is 13.1. The molecular weight excluding hydrogens is 333 g/mol. The average molecular weight is 351 g/mol. The van der Waals surface area contributed by atoms with Crippen molar-refractivity contribution in [3.63, 3.8) is 0 Å². The Kier molecular flexibility index (Phi) is 5.22. The predicted molar refractivity (Wildman–Crippen MR) is 97.0 cm³/mol. The molecule has 0 aliphatic heterocycles. The van der Waals surface area contributed by atoms with E-state index in [1.807, 2.05) is 37.3 Å². The molecule has 1 unspecified atom stereocenters. The summed E-state index contributed by atoms with van der Waals surface area (Å²) in [6.07, 6.45) is 0. The number of amides is 1. The molecule has 26 heavy (non-hydrogen) atoms. The van der Waals surface area contributed by atoms with Crippen molar-refractivity contribution in [3.05, 3.63) is 94.2 Å². The van der Waals surface area contributed by atoms with Crippen LogP contribution in [0.25, 0.3) is 5.69 Å². The van der Waals surface area contributed by atoms with Crippen molar-refractivity contribution in [3.8, 4) is 5.69 Å².